The van der Waals surface area contributed by atoms with E-state index >= 15 is 0 Å². The fourth-order valence-corrected chi connectivity index (χ4v) is 3.37. The van der Waals surface area contributed by atoms with Gasteiger partial charge in [0.2, 0.25) is 0 Å². The second-order valence-electron chi connectivity index (χ2n) is 7.24. The molecule has 6 heteroatoms. The summed E-state index contributed by atoms with van der Waals surface area (Å²) in [6.07, 6.45) is 4.02. The minimum Gasteiger partial charge on any atom is -0.489 e. The summed E-state index contributed by atoms with van der Waals surface area (Å²) in [4.78, 5) is 11.2. The number of benzene rings is 1. The summed E-state index contributed by atoms with van der Waals surface area (Å²) in [6, 6.07) is 14.6. The van der Waals surface area contributed by atoms with Crippen molar-refractivity contribution in [2.75, 3.05) is 31.6 Å². The van der Waals surface area contributed by atoms with Crippen LogP contribution in [0.25, 0.3) is 0 Å². The molecule has 1 aromatic heterocycles. The molecule has 3 rings (SSSR count). The lowest BCUT2D eigenvalue weighted by atomic mass is 10.1. The Morgan fingerprint density at radius 2 is 1.96 bits per heavy atom. The van der Waals surface area contributed by atoms with E-state index in [-0.39, 0.29) is 6.10 Å². The standard InChI is InChI=1S/C22H31N5O/c1-17-8-4-5-9-20(17)28-18(2)16-25-22(23-3)26-19-11-14-27(15-12-19)21-10-6-7-13-24-21/h4-10,13,18-19H,11-12,14-16H2,1-3H3,(H2,23,25,26). The molecule has 1 aliphatic heterocycles. The maximum atomic E-state index is 6.03. The Balaban J connectivity index is 1.42. The molecule has 1 fully saturated rings. The molecule has 0 aliphatic carbocycles. The summed E-state index contributed by atoms with van der Waals surface area (Å²) in [5, 5.41) is 6.93. The molecule has 0 saturated carbocycles. The zero-order chi connectivity index (χ0) is 19.8. The number of guanidine groups is 1. The largest absolute Gasteiger partial charge is 0.489 e. The van der Waals surface area contributed by atoms with Gasteiger partial charge in [0.25, 0.3) is 0 Å². The first kappa shape index (κ1) is 20.0. The Bertz CT molecular complexity index is 757. The number of nitrogens with zero attached hydrogens (tertiary/aromatic N) is 3. The van der Waals surface area contributed by atoms with Crippen LogP contribution >= 0.6 is 0 Å². The SMILES string of the molecule is CN=C(NCC(C)Oc1ccccc1C)NC1CCN(c2ccccn2)CC1. The molecular formula is C22H31N5O. The molecule has 6 nitrogen and oxygen atoms in total. The molecule has 1 unspecified atom stereocenters. The van der Waals surface area contributed by atoms with Gasteiger partial charge in [-0.2, -0.15) is 0 Å². The van der Waals surface area contributed by atoms with Gasteiger partial charge in [0.15, 0.2) is 5.96 Å². The molecule has 0 spiro atoms. The first-order valence-electron chi connectivity index (χ1n) is 10.0. The van der Waals surface area contributed by atoms with Gasteiger partial charge in [-0.1, -0.05) is 24.3 Å². The molecule has 1 saturated heterocycles. The minimum absolute atomic E-state index is 0.0469. The van der Waals surface area contributed by atoms with Gasteiger partial charge in [0.05, 0.1) is 6.54 Å². The number of para-hydroxylation sites is 1. The predicted molar refractivity (Wildman–Crippen MR) is 115 cm³/mol. The molecule has 0 amide bonds. The molecule has 1 atom stereocenters. The van der Waals surface area contributed by atoms with Crippen LogP contribution in [0.2, 0.25) is 0 Å². The van der Waals surface area contributed by atoms with Gasteiger partial charge < -0.3 is 20.3 Å². The van der Waals surface area contributed by atoms with Gasteiger partial charge >= 0.3 is 0 Å². The van der Waals surface area contributed by atoms with Crippen LogP contribution in [0.3, 0.4) is 0 Å². The molecule has 0 bridgehead atoms. The molecular weight excluding hydrogens is 350 g/mol. The van der Waals surface area contributed by atoms with Crippen molar-refractivity contribution in [1.29, 1.82) is 0 Å². The highest BCUT2D eigenvalue weighted by atomic mass is 16.5. The van der Waals surface area contributed by atoms with Crippen LogP contribution in [0.1, 0.15) is 25.3 Å². The lowest BCUT2D eigenvalue weighted by Crippen LogP contribution is -2.50. The van der Waals surface area contributed by atoms with Crippen LogP contribution in [0.4, 0.5) is 5.82 Å². The van der Waals surface area contributed by atoms with E-state index in [2.05, 4.69) is 51.5 Å². The van der Waals surface area contributed by atoms with E-state index in [9.17, 15) is 0 Å². The highest BCUT2D eigenvalue weighted by Gasteiger charge is 2.21. The van der Waals surface area contributed by atoms with E-state index < -0.39 is 0 Å². The zero-order valence-electron chi connectivity index (χ0n) is 17.1. The van der Waals surface area contributed by atoms with Crippen molar-refractivity contribution in [2.45, 2.75) is 38.8 Å². The van der Waals surface area contributed by atoms with E-state index in [1.165, 1.54) is 0 Å². The quantitative estimate of drug-likeness (QED) is 0.595. The summed E-state index contributed by atoms with van der Waals surface area (Å²) in [7, 11) is 1.81. The van der Waals surface area contributed by atoms with Gasteiger partial charge in [0, 0.05) is 32.4 Å². The number of aromatic nitrogens is 1. The predicted octanol–water partition coefficient (Wildman–Crippen LogP) is 2.99. The van der Waals surface area contributed by atoms with Gasteiger partial charge in [-0.05, 0) is 50.5 Å². The molecule has 150 valence electrons. The molecule has 0 radical (unpaired) electrons. The summed E-state index contributed by atoms with van der Waals surface area (Å²) in [5.74, 6) is 2.82. The fraction of sp³-hybridized carbons (Fsp3) is 0.455. The number of hydrogen-bond acceptors (Lipinski definition) is 4. The van der Waals surface area contributed by atoms with Crippen LogP contribution in [0, 0.1) is 6.92 Å². The van der Waals surface area contributed by atoms with Crippen LogP contribution in [0.5, 0.6) is 5.75 Å². The smallest absolute Gasteiger partial charge is 0.191 e. The number of piperidine rings is 1. The van der Waals surface area contributed by atoms with Crippen molar-refractivity contribution < 1.29 is 4.74 Å². The number of aryl methyl sites for hydroxylation is 1. The lowest BCUT2D eigenvalue weighted by molar-refractivity contribution is 0.222. The number of anilines is 1. The average Bonchev–Trinajstić information content (AvgIpc) is 2.74. The first-order chi connectivity index (χ1) is 13.7. The average molecular weight is 382 g/mol. The van der Waals surface area contributed by atoms with Crippen molar-refractivity contribution in [2.24, 2.45) is 4.99 Å². The van der Waals surface area contributed by atoms with Crippen LogP contribution < -0.4 is 20.3 Å². The van der Waals surface area contributed by atoms with Crippen LogP contribution in [-0.4, -0.2) is 49.8 Å². The lowest BCUT2D eigenvalue weighted by Gasteiger charge is -2.33. The Labute approximate surface area is 168 Å². The highest BCUT2D eigenvalue weighted by Crippen LogP contribution is 2.18. The molecule has 1 aromatic carbocycles. The Hall–Kier alpha value is -2.76. The van der Waals surface area contributed by atoms with Crippen molar-refractivity contribution in [3.05, 3.63) is 54.2 Å². The minimum atomic E-state index is 0.0469. The van der Waals surface area contributed by atoms with Crippen LogP contribution in [0.15, 0.2) is 53.7 Å². The fourth-order valence-electron chi connectivity index (χ4n) is 3.37. The van der Waals surface area contributed by atoms with E-state index in [0.29, 0.717) is 12.6 Å². The van der Waals surface area contributed by atoms with Crippen molar-refractivity contribution in [3.63, 3.8) is 0 Å². The molecule has 2 N–H and O–H groups in total. The maximum Gasteiger partial charge on any atom is 0.191 e. The van der Waals surface area contributed by atoms with Gasteiger partial charge in [-0.15, -0.1) is 0 Å². The Morgan fingerprint density at radius 1 is 1.21 bits per heavy atom. The number of nitrogens with one attached hydrogen (secondary N) is 2. The van der Waals surface area contributed by atoms with Gasteiger partial charge in [0.1, 0.15) is 17.7 Å². The summed E-state index contributed by atoms with van der Waals surface area (Å²) in [6.45, 7) is 6.82. The van der Waals surface area contributed by atoms with Gasteiger partial charge in [-0.3, -0.25) is 4.99 Å². The van der Waals surface area contributed by atoms with Crippen molar-refractivity contribution >= 4 is 11.8 Å². The van der Waals surface area contributed by atoms with Gasteiger partial charge in [-0.25, -0.2) is 4.98 Å². The molecule has 2 aromatic rings. The second kappa shape index (κ2) is 9.97. The van der Waals surface area contributed by atoms with Crippen molar-refractivity contribution in [3.8, 4) is 5.75 Å². The van der Waals surface area contributed by atoms with E-state index in [1.807, 2.05) is 43.6 Å². The first-order valence-corrected chi connectivity index (χ1v) is 10.0. The Morgan fingerprint density at radius 3 is 2.64 bits per heavy atom. The maximum absolute atomic E-state index is 6.03. The normalized spacial score (nSPS) is 16.5. The number of rotatable bonds is 6. The van der Waals surface area contributed by atoms with Crippen molar-refractivity contribution in [1.82, 2.24) is 15.6 Å². The number of aliphatic imine (C=N–C) groups is 1. The number of pyridine rings is 1. The molecule has 1 aliphatic rings. The van der Waals surface area contributed by atoms with E-state index in [0.717, 1.165) is 49.0 Å². The topological polar surface area (TPSA) is 61.8 Å². The third kappa shape index (κ3) is 5.62. The Kier molecular flexibility index (Phi) is 7.12. The van der Waals surface area contributed by atoms with E-state index in [4.69, 9.17) is 4.74 Å². The monoisotopic (exact) mass is 381 g/mol. The second-order valence-corrected chi connectivity index (χ2v) is 7.24. The number of hydrogen-bond donors (Lipinski definition) is 2. The molecule has 2 heterocycles. The zero-order valence-corrected chi connectivity index (χ0v) is 17.1. The third-order valence-electron chi connectivity index (χ3n) is 5.01. The summed E-state index contributed by atoms with van der Waals surface area (Å²) >= 11 is 0. The summed E-state index contributed by atoms with van der Waals surface area (Å²) < 4.78 is 6.03. The summed E-state index contributed by atoms with van der Waals surface area (Å²) in [5.41, 5.74) is 1.15. The number of ether oxygens (including phenoxy) is 1. The highest BCUT2D eigenvalue weighted by molar-refractivity contribution is 5.80. The van der Waals surface area contributed by atoms with E-state index in [1.54, 1.807) is 0 Å². The van der Waals surface area contributed by atoms with Crippen LogP contribution in [-0.2, 0) is 0 Å². The third-order valence-corrected chi connectivity index (χ3v) is 5.01. The molecule has 28 heavy (non-hydrogen) atoms.